The molecule has 2 N–H and O–H groups in total. The molecule has 1 aromatic carbocycles. The summed E-state index contributed by atoms with van der Waals surface area (Å²) in [5, 5.41) is 4.34. The highest BCUT2D eigenvalue weighted by molar-refractivity contribution is 5.65. The monoisotopic (exact) mass is 219 g/mol. The molecule has 0 spiro atoms. The molecule has 3 nitrogen and oxygen atoms in total. The maximum absolute atomic E-state index is 12.8. The number of rotatable bonds is 3. The van der Waals surface area contributed by atoms with Crippen molar-refractivity contribution in [3.05, 3.63) is 42.0 Å². The topological polar surface area (TPSA) is 43.8 Å². The Morgan fingerprint density at radius 1 is 1.31 bits per heavy atom. The highest BCUT2D eigenvalue weighted by Gasteiger charge is 2.08. The highest BCUT2D eigenvalue weighted by Crippen LogP contribution is 2.23. The normalized spacial score (nSPS) is 10.7. The van der Waals surface area contributed by atoms with Crippen LogP contribution in [0.25, 0.3) is 11.1 Å². The Balaban J connectivity index is 2.42. The van der Waals surface area contributed by atoms with E-state index in [4.69, 9.17) is 5.73 Å². The fourth-order valence-corrected chi connectivity index (χ4v) is 1.73. The molecule has 0 amide bonds. The first kappa shape index (κ1) is 10.8. The molecule has 0 atom stereocenters. The van der Waals surface area contributed by atoms with E-state index < -0.39 is 0 Å². The molecular formula is C12H14FN3. The van der Waals surface area contributed by atoms with Crippen LogP contribution in [0, 0.1) is 5.82 Å². The third-order valence-electron chi connectivity index (χ3n) is 2.44. The number of benzene rings is 1. The molecular weight excluding hydrogens is 205 g/mol. The predicted octanol–water partition coefficient (Wildman–Crippen LogP) is 1.73. The third kappa shape index (κ3) is 2.12. The van der Waals surface area contributed by atoms with E-state index in [9.17, 15) is 4.39 Å². The van der Waals surface area contributed by atoms with Gasteiger partial charge in [0.25, 0.3) is 0 Å². The minimum atomic E-state index is -0.229. The quantitative estimate of drug-likeness (QED) is 0.854. The molecule has 1 heterocycles. The predicted molar refractivity (Wildman–Crippen MR) is 61.4 cm³/mol. The summed E-state index contributed by atoms with van der Waals surface area (Å²) in [7, 11) is 1.87. The molecule has 4 heteroatoms. The van der Waals surface area contributed by atoms with Crippen molar-refractivity contribution in [1.29, 1.82) is 0 Å². The largest absolute Gasteiger partial charge is 0.330 e. The lowest BCUT2D eigenvalue weighted by Gasteiger charge is -2.00. The van der Waals surface area contributed by atoms with Crippen LogP contribution in [0.2, 0.25) is 0 Å². The van der Waals surface area contributed by atoms with E-state index in [2.05, 4.69) is 5.10 Å². The zero-order chi connectivity index (χ0) is 11.5. The van der Waals surface area contributed by atoms with Gasteiger partial charge in [-0.05, 0) is 24.2 Å². The van der Waals surface area contributed by atoms with Crippen molar-refractivity contribution in [3.8, 4) is 11.1 Å². The summed E-state index contributed by atoms with van der Waals surface area (Å²) in [6.45, 7) is 0.561. The first-order valence-corrected chi connectivity index (χ1v) is 5.19. The van der Waals surface area contributed by atoms with Crippen LogP contribution in [0.1, 0.15) is 5.69 Å². The summed E-state index contributed by atoms with van der Waals surface area (Å²) in [5.74, 6) is -0.229. The highest BCUT2D eigenvalue weighted by atomic mass is 19.1. The molecule has 0 radical (unpaired) electrons. The summed E-state index contributed by atoms with van der Waals surface area (Å²) in [6.07, 6.45) is 2.66. The Labute approximate surface area is 93.7 Å². The smallest absolute Gasteiger partial charge is 0.123 e. The van der Waals surface area contributed by atoms with Gasteiger partial charge >= 0.3 is 0 Å². The number of hydrogen-bond acceptors (Lipinski definition) is 2. The van der Waals surface area contributed by atoms with Gasteiger partial charge in [-0.2, -0.15) is 5.10 Å². The van der Waals surface area contributed by atoms with Crippen molar-refractivity contribution in [2.24, 2.45) is 12.8 Å². The molecule has 0 aliphatic carbocycles. The summed E-state index contributed by atoms with van der Waals surface area (Å²) in [6, 6.07) is 6.42. The zero-order valence-electron chi connectivity index (χ0n) is 9.15. The second-order valence-corrected chi connectivity index (χ2v) is 3.71. The van der Waals surface area contributed by atoms with Crippen LogP contribution in [-0.4, -0.2) is 16.3 Å². The minimum Gasteiger partial charge on any atom is -0.330 e. The number of aromatic nitrogens is 2. The van der Waals surface area contributed by atoms with Crippen molar-refractivity contribution in [3.63, 3.8) is 0 Å². The second-order valence-electron chi connectivity index (χ2n) is 3.71. The van der Waals surface area contributed by atoms with E-state index in [1.165, 1.54) is 12.1 Å². The standard InChI is InChI=1S/C12H14FN3/c1-16-8-11(12(15-16)6-7-14)9-2-4-10(13)5-3-9/h2-5,8H,6-7,14H2,1H3. The average Bonchev–Trinajstić information content (AvgIpc) is 2.61. The van der Waals surface area contributed by atoms with Crippen molar-refractivity contribution in [2.75, 3.05) is 6.54 Å². The van der Waals surface area contributed by atoms with E-state index in [1.807, 2.05) is 13.2 Å². The second kappa shape index (κ2) is 4.45. The zero-order valence-corrected chi connectivity index (χ0v) is 9.15. The summed E-state index contributed by atoms with van der Waals surface area (Å²) < 4.78 is 14.6. The molecule has 1 aromatic heterocycles. The fraction of sp³-hybridized carbons (Fsp3) is 0.250. The summed E-state index contributed by atoms with van der Waals surface area (Å²) in [4.78, 5) is 0. The number of nitrogens with two attached hydrogens (primary N) is 1. The number of hydrogen-bond donors (Lipinski definition) is 1. The van der Waals surface area contributed by atoms with E-state index >= 15 is 0 Å². The van der Waals surface area contributed by atoms with E-state index in [0.717, 1.165) is 23.2 Å². The van der Waals surface area contributed by atoms with Crippen molar-refractivity contribution >= 4 is 0 Å². The van der Waals surface area contributed by atoms with E-state index in [-0.39, 0.29) is 5.82 Å². The molecule has 84 valence electrons. The summed E-state index contributed by atoms with van der Waals surface area (Å²) in [5.41, 5.74) is 8.48. The van der Waals surface area contributed by atoms with Crippen LogP contribution in [0.15, 0.2) is 30.5 Å². The molecule has 2 rings (SSSR count). The molecule has 0 aliphatic rings. The van der Waals surface area contributed by atoms with Gasteiger partial charge in [0.1, 0.15) is 5.82 Å². The van der Waals surface area contributed by atoms with Gasteiger partial charge < -0.3 is 5.73 Å². The molecule has 0 bridgehead atoms. The molecule has 0 aliphatic heterocycles. The number of nitrogens with zero attached hydrogens (tertiary/aromatic N) is 2. The van der Waals surface area contributed by atoms with Gasteiger partial charge in [-0.1, -0.05) is 12.1 Å². The lowest BCUT2D eigenvalue weighted by atomic mass is 10.1. The van der Waals surface area contributed by atoms with E-state index in [1.54, 1.807) is 16.8 Å². The van der Waals surface area contributed by atoms with Gasteiger partial charge in [-0.3, -0.25) is 4.68 Å². The lowest BCUT2D eigenvalue weighted by molar-refractivity contribution is 0.628. The lowest BCUT2D eigenvalue weighted by Crippen LogP contribution is -2.04. The molecule has 0 fully saturated rings. The van der Waals surface area contributed by atoms with Crippen LogP contribution in [-0.2, 0) is 13.5 Å². The van der Waals surface area contributed by atoms with Crippen LogP contribution in [0.4, 0.5) is 4.39 Å². The molecule has 0 saturated carbocycles. The SMILES string of the molecule is Cn1cc(-c2ccc(F)cc2)c(CCN)n1. The third-order valence-corrected chi connectivity index (χ3v) is 2.44. The average molecular weight is 219 g/mol. The Bertz CT molecular complexity index is 474. The van der Waals surface area contributed by atoms with Gasteiger partial charge in [0.2, 0.25) is 0 Å². The van der Waals surface area contributed by atoms with Gasteiger partial charge in [0.05, 0.1) is 5.69 Å². The number of halogens is 1. The maximum atomic E-state index is 12.8. The van der Waals surface area contributed by atoms with Crippen LogP contribution < -0.4 is 5.73 Å². The van der Waals surface area contributed by atoms with Crippen LogP contribution in [0.5, 0.6) is 0 Å². The first-order chi connectivity index (χ1) is 7.70. The molecule has 2 aromatic rings. The molecule has 0 unspecified atom stereocenters. The van der Waals surface area contributed by atoms with Gasteiger partial charge in [-0.25, -0.2) is 4.39 Å². The minimum absolute atomic E-state index is 0.229. The van der Waals surface area contributed by atoms with E-state index in [0.29, 0.717) is 6.54 Å². The van der Waals surface area contributed by atoms with Crippen LogP contribution >= 0.6 is 0 Å². The van der Waals surface area contributed by atoms with Gasteiger partial charge in [0.15, 0.2) is 0 Å². The Morgan fingerprint density at radius 3 is 2.62 bits per heavy atom. The fourth-order valence-electron chi connectivity index (χ4n) is 1.73. The first-order valence-electron chi connectivity index (χ1n) is 5.19. The van der Waals surface area contributed by atoms with Crippen molar-refractivity contribution in [1.82, 2.24) is 9.78 Å². The van der Waals surface area contributed by atoms with Crippen molar-refractivity contribution < 1.29 is 4.39 Å². The summed E-state index contributed by atoms with van der Waals surface area (Å²) >= 11 is 0. The van der Waals surface area contributed by atoms with Gasteiger partial charge in [0, 0.05) is 25.2 Å². The Morgan fingerprint density at radius 2 is 2.00 bits per heavy atom. The Kier molecular flexibility index (Phi) is 3.01. The molecule has 0 saturated heterocycles. The van der Waals surface area contributed by atoms with Crippen molar-refractivity contribution in [2.45, 2.75) is 6.42 Å². The number of aryl methyl sites for hydroxylation is 1. The molecule has 16 heavy (non-hydrogen) atoms. The van der Waals surface area contributed by atoms with Gasteiger partial charge in [-0.15, -0.1) is 0 Å². The maximum Gasteiger partial charge on any atom is 0.123 e. The Hall–Kier alpha value is -1.68. The van der Waals surface area contributed by atoms with Crippen LogP contribution in [0.3, 0.4) is 0 Å².